The summed E-state index contributed by atoms with van der Waals surface area (Å²) in [6.45, 7) is 7.50. The summed E-state index contributed by atoms with van der Waals surface area (Å²) in [5.41, 5.74) is 5.48. The Bertz CT molecular complexity index is 147. The highest BCUT2D eigenvalue weighted by Gasteiger charge is 2.17. The molecular formula is C12H26N2O. The fourth-order valence-corrected chi connectivity index (χ4v) is 2.11. The maximum absolute atomic E-state index is 5.65. The summed E-state index contributed by atoms with van der Waals surface area (Å²) in [5, 5.41) is 0. The van der Waals surface area contributed by atoms with Gasteiger partial charge in [0.15, 0.2) is 0 Å². The summed E-state index contributed by atoms with van der Waals surface area (Å²) >= 11 is 0. The Balaban J connectivity index is 2.06. The van der Waals surface area contributed by atoms with Crippen molar-refractivity contribution in [2.75, 3.05) is 32.8 Å². The van der Waals surface area contributed by atoms with Gasteiger partial charge in [0.1, 0.15) is 0 Å². The topological polar surface area (TPSA) is 38.5 Å². The highest BCUT2D eigenvalue weighted by Crippen LogP contribution is 2.13. The van der Waals surface area contributed by atoms with Crippen LogP contribution in [0.5, 0.6) is 0 Å². The molecule has 0 aromatic carbocycles. The van der Waals surface area contributed by atoms with E-state index in [-0.39, 0.29) is 0 Å². The fraction of sp³-hybridized carbons (Fsp3) is 1.00. The van der Waals surface area contributed by atoms with E-state index in [0.29, 0.717) is 6.10 Å². The van der Waals surface area contributed by atoms with Gasteiger partial charge in [-0.25, -0.2) is 0 Å². The lowest BCUT2D eigenvalue weighted by Gasteiger charge is -2.23. The van der Waals surface area contributed by atoms with Gasteiger partial charge in [0.2, 0.25) is 0 Å². The maximum atomic E-state index is 5.65. The van der Waals surface area contributed by atoms with Crippen LogP contribution in [0.2, 0.25) is 0 Å². The van der Waals surface area contributed by atoms with E-state index >= 15 is 0 Å². The van der Waals surface area contributed by atoms with Crippen molar-refractivity contribution < 1.29 is 4.74 Å². The third-order valence-electron chi connectivity index (χ3n) is 3.11. The predicted octanol–water partition coefficient (Wildman–Crippen LogP) is 1.62. The Labute approximate surface area is 94.0 Å². The van der Waals surface area contributed by atoms with Crippen molar-refractivity contribution in [3.8, 4) is 0 Å². The minimum Gasteiger partial charge on any atom is -0.377 e. The van der Waals surface area contributed by atoms with Crippen LogP contribution in [0.1, 0.15) is 39.0 Å². The number of hydrogen-bond acceptors (Lipinski definition) is 3. The molecule has 1 fully saturated rings. The minimum absolute atomic E-state index is 0.499. The highest BCUT2D eigenvalue weighted by molar-refractivity contribution is 4.69. The van der Waals surface area contributed by atoms with Crippen molar-refractivity contribution >= 4 is 0 Å². The SMILES string of the molecule is CCN(CCCCCN)CC1CCCO1. The van der Waals surface area contributed by atoms with Crippen LogP contribution in [-0.4, -0.2) is 43.8 Å². The fourth-order valence-electron chi connectivity index (χ4n) is 2.11. The molecule has 0 aromatic rings. The lowest BCUT2D eigenvalue weighted by Crippen LogP contribution is -2.32. The van der Waals surface area contributed by atoms with Crippen LogP contribution >= 0.6 is 0 Å². The molecule has 1 aliphatic rings. The number of rotatable bonds is 8. The molecule has 3 heteroatoms. The van der Waals surface area contributed by atoms with Crippen LogP contribution in [0.4, 0.5) is 0 Å². The van der Waals surface area contributed by atoms with E-state index < -0.39 is 0 Å². The molecule has 0 aliphatic carbocycles. The number of hydrogen-bond donors (Lipinski definition) is 1. The molecule has 0 aromatic heterocycles. The van der Waals surface area contributed by atoms with Crippen LogP contribution in [0.25, 0.3) is 0 Å². The van der Waals surface area contributed by atoms with Gasteiger partial charge in [-0.3, -0.25) is 0 Å². The molecule has 0 bridgehead atoms. The smallest absolute Gasteiger partial charge is 0.0702 e. The average Bonchev–Trinajstić information content (AvgIpc) is 2.75. The molecule has 0 amide bonds. The molecule has 0 saturated carbocycles. The molecular weight excluding hydrogens is 188 g/mol. The number of nitrogens with zero attached hydrogens (tertiary/aromatic N) is 1. The molecule has 1 heterocycles. The Morgan fingerprint density at radius 2 is 2.20 bits per heavy atom. The second kappa shape index (κ2) is 8.08. The first-order valence-corrected chi connectivity index (χ1v) is 6.40. The van der Waals surface area contributed by atoms with Gasteiger partial charge >= 0.3 is 0 Å². The Morgan fingerprint density at radius 1 is 1.33 bits per heavy atom. The zero-order chi connectivity index (χ0) is 10.9. The summed E-state index contributed by atoms with van der Waals surface area (Å²) in [5.74, 6) is 0. The lowest BCUT2D eigenvalue weighted by atomic mass is 10.2. The first-order chi connectivity index (χ1) is 7.36. The van der Waals surface area contributed by atoms with Gasteiger partial charge in [0.05, 0.1) is 6.10 Å². The molecule has 15 heavy (non-hydrogen) atoms. The summed E-state index contributed by atoms with van der Waals surface area (Å²) in [7, 11) is 0. The normalized spacial score (nSPS) is 21.4. The molecule has 90 valence electrons. The van der Waals surface area contributed by atoms with E-state index in [9.17, 15) is 0 Å². The van der Waals surface area contributed by atoms with Crippen LogP contribution in [0.15, 0.2) is 0 Å². The molecule has 0 radical (unpaired) electrons. The van der Waals surface area contributed by atoms with E-state index in [1.165, 1.54) is 32.2 Å². The number of unbranched alkanes of at least 4 members (excludes halogenated alkanes) is 2. The van der Waals surface area contributed by atoms with E-state index in [1.807, 2.05) is 0 Å². The van der Waals surface area contributed by atoms with Crippen molar-refractivity contribution in [2.24, 2.45) is 5.73 Å². The maximum Gasteiger partial charge on any atom is 0.0702 e. The summed E-state index contributed by atoms with van der Waals surface area (Å²) < 4.78 is 5.65. The Kier molecular flexibility index (Phi) is 6.98. The van der Waals surface area contributed by atoms with E-state index in [2.05, 4.69) is 11.8 Å². The van der Waals surface area contributed by atoms with Gasteiger partial charge in [-0.1, -0.05) is 13.3 Å². The van der Waals surface area contributed by atoms with Gasteiger partial charge in [-0.05, 0) is 45.3 Å². The van der Waals surface area contributed by atoms with Gasteiger partial charge in [-0.2, -0.15) is 0 Å². The molecule has 0 spiro atoms. The number of ether oxygens (including phenoxy) is 1. The molecule has 1 saturated heterocycles. The third kappa shape index (κ3) is 5.50. The predicted molar refractivity (Wildman–Crippen MR) is 64.0 cm³/mol. The van der Waals surface area contributed by atoms with Crippen molar-refractivity contribution in [2.45, 2.75) is 45.1 Å². The standard InChI is InChI=1S/C12H26N2O/c1-2-14(9-5-3-4-8-13)11-12-7-6-10-15-12/h12H,2-11,13H2,1H3. The minimum atomic E-state index is 0.499. The first kappa shape index (κ1) is 12.9. The quantitative estimate of drug-likeness (QED) is 0.624. The summed E-state index contributed by atoms with van der Waals surface area (Å²) in [6, 6.07) is 0. The average molecular weight is 214 g/mol. The van der Waals surface area contributed by atoms with Crippen LogP contribution < -0.4 is 5.73 Å². The summed E-state index contributed by atoms with van der Waals surface area (Å²) in [6.07, 6.45) is 6.70. The van der Waals surface area contributed by atoms with E-state index in [4.69, 9.17) is 10.5 Å². The second-order valence-electron chi connectivity index (χ2n) is 4.38. The Morgan fingerprint density at radius 3 is 2.80 bits per heavy atom. The van der Waals surface area contributed by atoms with Gasteiger partial charge < -0.3 is 15.4 Å². The van der Waals surface area contributed by atoms with Crippen molar-refractivity contribution in [1.29, 1.82) is 0 Å². The van der Waals surface area contributed by atoms with E-state index in [1.54, 1.807) is 0 Å². The zero-order valence-electron chi connectivity index (χ0n) is 10.1. The third-order valence-corrected chi connectivity index (χ3v) is 3.11. The highest BCUT2D eigenvalue weighted by atomic mass is 16.5. The van der Waals surface area contributed by atoms with Crippen molar-refractivity contribution in [3.05, 3.63) is 0 Å². The lowest BCUT2D eigenvalue weighted by molar-refractivity contribution is 0.0743. The monoisotopic (exact) mass is 214 g/mol. The van der Waals surface area contributed by atoms with Crippen LogP contribution in [0, 0.1) is 0 Å². The number of likely N-dealkylation sites (N-methyl/N-ethyl adjacent to an activating group) is 1. The van der Waals surface area contributed by atoms with Gasteiger partial charge in [0, 0.05) is 13.2 Å². The molecule has 3 nitrogen and oxygen atoms in total. The van der Waals surface area contributed by atoms with Gasteiger partial charge in [-0.15, -0.1) is 0 Å². The molecule has 1 atom stereocenters. The van der Waals surface area contributed by atoms with Crippen molar-refractivity contribution in [3.63, 3.8) is 0 Å². The number of nitrogens with two attached hydrogens (primary N) is 1. The summed E-state index contributed by atoms with van der Waals surface area (Å²) in [4.78, 5) is 2.51. The second-order valence-corrected chi connectivity index (χ2v) is 4.38. The molecule has 1 rings (SSSR count). The molecule has 1 aliphatic heterocycles. The van der Waals surface area contributed by atoms with Crippen LogP contribution in [0.3, 0.4) is 0 Å². The Hall–Kier alpha value is -0.120. The largest absolute Gasteiger partial charge is 0.377 e. The first-order valence-electron chi connectivity index (χ1n) is 6.40. The van der Waals surface area contributed by atoms with Crippen molar-refractivity contribution in [1.82, 2.24) is 4.90 Å². The van der Waals surface area contributed by atoms with E-state index in [0.717, 1.165) is 32.7 Å². The van der Waals surface area contributed by atoms with Crippen LogP contribution in [-0.2, 0) is 4.74 Å². The molecule has 1 unspecified atom stereocenters. The molecule has 2 N–H and O–H groups in total. The van der Waals surface area contributed by atoms with Gasteiger partial charge in [0.25, 0.3) is 0 Å². The zero-order valence-corrected chi connectivity index (χ0v) is 10.1.